The summed E-state index contributed by atoms with van der Waals surface area (Å²) in [4.78, 5) is 21.6. The van der Waals surface area contributed by atoms with Gasteiger partial charge in [-0.25, -0.2) is 4.79 Å². The lowest BCUT2D eigenvalue weighted by atomic mass is 9.60. The predicted molar refractivity (Wildman–Crippen MR) is 174 cm³/mol. The Balaban J connectivity index is 1.46. The smallest absolute Gasteiger partial charge is 0.407 e. The monoisotopic (exact) mass is 605 g/mol. The van der Waals surface area contributed by atoms with Crippen LogP contribution in [0.25, 0.3) is 0 Å². The maximum absolute atomic E-state index is 12.4. The van der Waals surface area contributed by atoms with Crippen LogP contribution in [0.2, 0.25) is 0 Å². The van der Waals surface area contributed by atoms with E-state index >= 15 is 0 Å². The van der Waals surface area contributed by atoms with Crippen molar-refractivity contribution < 1.29 is 23.5 Å². The zero-order valence-electron chi connectivity index (χ0n) is 27.3. The molecule has 1 amide bonds. The van der Waals surface area contributed by atoms with Crippen molar-refractivity contribution in [3.8, 4) is 0 Å². The van der Waals surface area contributed by atoms with Gasteiger partial charge in [0.05, 0.1) is 6.61 Å². The molecule has 0 aromatic rings. The molecule has 3 aliphatic carbocycles. The Bertz CT molecular complexity index is 997. The number of amides is 1. The van der Waals surface area contributed by atoms with E-state index in [4.69, 9.17) is 14.2 Å². The summed E-state index contributed by atoms with van der Waals surface area (Å²) in [7, 11) is -3.38. The quantitative estimate of drug-likeness (QED) is 0.143. The lowest BCUT2D eigenvalue weighted by Gasteiger charge is -2.44. The normalized spacial score (nSPS) is 30.4. The number of fused-ring (bicyclic) bond motifs is 1. The fraction of sp³-hybridized carbons (Fsp3) is 0.800. The van der Waals surface area contributed by atoms with Crippen LogP contribution in [0.1, 0.15) is 124 Å². The summed E-state index contributed by atoms with van der Waals surface area (Å²) in [6.45, 7) is 16.2. The highest BCUT2D eigenvalue weighted by molar-refractivity contribution is 7.51. The first-order valence-electron chi connectivity index (χ1n) is 16.9. The van der Waals surface area contributed by atoms with E-state index in [0.717, 1.165) is 62.7 Å². The second kappa shape index (κ2) is 16.6. The topological polar surface area (TPSA) is 84.9 Å². The molecule has 3 saturated carbocycles. The third kappa shape index (κ3) is 11.0. The Morgan fingerprint density at radius 1 is 1.10 bits per heavy atom. The van der Waals surface area contributed by atoms with Crippen molar-refractivity contribution in [2.75, 3.05) is 19.8 Å². The van der Waals surface area contributed by atoms with E-state index in [0.29, 0.717) is 17.9 Å². The van der Waals surface area contributed by atoms with Crippen LogP contribution < -0.4 is 5.32 Å². The molecule has 1 unspecified atom stereocenters. The van der Waals surface area contributed by atoms with Crippen molar-refractivity contribution in [1.29, 1.82) is 0 Å². The molecule has 3 rings (SSSR count). The molecule has 6 atom stereocenters. The molecule has 0 bridgehead atoms. The summed E-state index contributed by atoms with van der Waals surface area (Å²) >= 11 is 0. The number of unbranched alkanes of at least 4 members (excludes halogenated alkanes) is 3. The van der Waals surface area contributed by atoms with Gasteiger partial charge in [-0.3, -0.25) is 4.57 Å². The first-order valence-corrected chi connectivity index (χ1v) is 18.9. The Labute approximate surface area is 256 Å². The van der Waals surface area contributed by atoms with E-state index in [1.54, 1.807) is 5.57 Å². The van der Waals surface area contributed by atoms with Gasteiger partial charge in [-0.2, -0.15) is 0 Å². The lowest BCUT2D eigenvalue weighted by molar-refractivity contribution is 0.0892. The Morgan fingerprint density at radius 3 is 2.60 bits per heavy atom. The average Bonchev–Trinajstić information content (AvgIpc) is 3.27. The van der Waals surface area contributed by atoms with Gasteiger partial charge in [-0.05, 0) is 92.4 Å². The maximum Gasteiger partial charge on any atom is 0.407 e. The number of allylic oxidation sites excluding steroid dienone is 4. The van der Waals surface area contributed by atoms with Crippen LogP contribution >= 0.6 is 7.60 Å². The van der Waals surface area contributed by atoms with Crippen LogP contribution in [0.4, 0.5) is 4.79 Å². The van der Waals surface area contributed by atoms with Crippen LogP contribution in [0.15, 0.2) is 35.5 Å². The number of alkyl carbamates (subject to hydrolysis) is 1. The van der Waals surface area contributed by atoms with Crippen molar-refractivity contribution in [2.24, 2.45) is 29.1 Å². The van der Waals surface area contributed by atoms with Gasteiger partial charge in [0.25, 0.3) is 0 Å². The molecule has 7 heteroatoms. The molecule has 42 heavy (non-hydrogen) atoms. The minimum absolute atomic E-state index is 0.111. The number of rotatable bonds is 15. The van der Waals surface area contributed by atoms with Crippen molar-refractivity contribution in [3.05, 3.63) is 35.5 Å². The first-order chi connectivity index (χ1) is 19.9. The summed E-state index contributed by atoms with van der Waals surface area (Å²) < 4.78 is 21.8. The number of carbonyl (C=O) groups excluding carboxylic acids is 1. The standard InChI is InChI=1S/C35H60NO5P/c1-26(2)13-11-14-28(4)32-20-21-33-29(15-12-22-35(32,33)5)17-18-30-25-31(19-16-27(30)3)41-34(37)36-23-9-7-8-10-24-40-42(6,38)39/h17-18,26,28,31-33H,3,7-16,19-25H2,1-2,4-6H3,(H,36,37)(H,38,39)/b29-17+,30-18-/t28-,31+,32-,33+,35-/m1/s1. The number of hydrogen-bond donors (Lipinski definition) is 2. The van der Waals surface area contributed by atoms with E-state index < -0.39 is 7.60 Å². The fourth-order valence-electron chi connectivity index (χ4n) is 7.94. The molecule has 2 N–H and O–H groups in total. The summed E-state index contributed by atoms with van der Waals surface area (Å²) in [5.41, 5.74) is 4.48. The molecule has 0 aromatic heterocycles. The van der Waals surface area contributed by atoms with Gasteiger partial charge >= 0.3 is 13.7 Å². The van der Waals surface area contributed by atoms with Gasteiger partial charge in [0.1, 0.15) is 6.10 Å². The van der Waals surface area contributed by atoms with E-state index in [-0.39, 0.29) is 18.8 Å². The van der Waals surface area contributed by atoms with Gasteiger partial charge < -0.3 is 19.5 Å². The highest BCUT2D eigenvalue weighted by Gasteiger charge is 2.50. The van der Waals surface area contributed by atoms with Gasteiger partial charge in [-0.1, -0.05) is 89.7 Å². The van der Waals surface area contributed by atoms with Crippen LogP contribution in [0.5, 0.6) is 0 Å². The highest BCUT2D eigenvalue weighted by Crippen LogP contribution is 2.60. The van der Waals surface area contributed by atoms with E-state index in [1.165, 1.54) is 69.2 Å². The highest BCUT2D eigenvalue weighted by atomic mass is 31.2. The molecule has 3 aliphatic rings. The van der Waals surface area contributed by atoms with E-state index in [2.05, 4.69) is 51.7 Å². The molecule has 240 valence electrons. The fourth-order valence-corrected chi connectivity index (χ4v) is 8.41. The molecule has 0 aliphatic heterocycles. The second-order valence-corrected chi connectivity index (χ2v) is 16.0. The third-order valence-corrected chi connectivity index (χ3v) is 10.9. The van der Waals surface area contributed by atoms with Gasteiger partial charge in [-0.15, -0.1) is 0 Å². The van der Waals surface area contributed by atoms with Crippen LogP contribution in [-0.2, 0) is 13.8 Å². The lowest BCUT2D eigenvalue weighted by Crippen LogP contribution is -2.36. The minimum Gasteiger partial charge on any atom is -0.446 e. The van der Waals surface area contributed by atoms with Crippen molar-refractivity contribution >= 4 is 13.7 Å². The van der Waals surface area contributed by atoms with E-state index in [1.807, 2.05) is 0 Å². The number of hydrogen-bond acceptors (Lipinski definition) is 4. The van der Waals surface area contributed by atoms with Gasteiger partial charge in [0, 0.05) is 19.6 Å². The van der Waals surface area contributed by atoms with Crippen LogP contribution in [-0.4, -0.2) is 36.9 Å². The molecule has 0 aromatic carbocycles. The Hall–Kier alpha value is -1.36. The molecule has 0 saturated heterocycles. The number of nitrogens with one attached hydrogen (secondary N) is 1. The molecule has 0 radical (unpaired) electrons. The van der Waals surface area contributed by atoms with Crippen molar-refractivity contribution in [1.82, 2.24) is 5.32 Å². The largest absolute Gasteiger partial charge is 0.446 e. The molecule has 6 nitrogen and oxygen atoms in total. The minimum atomic E-state index is -3.38. The summed E-state index contributed by atoms with van der Waals surface area (Å²) in [6.07, 6.45) is 20.7. The number of ether oxygens (including phenoxy) is 1. The summed E-state index contributed by atoms with van der Waals surface area (Å²) in [6, 6.07) is 0. The van der Waals surface area contributed by atoms with Crippen LogP contribution in [0.3, 0.4) is 0 Å². The van der Waals surface area contributed by atoms with E-state index in [9.17, 15) is 9.36 Å². The third-order valence-electron chi connectivity index (χ3n) is 10.3. The summed E-state index contributed by atoms with van der Waals surface area (Å²) in [5.74, 6) is 3.15. The van der Waals surface area contributed by atoms with Gasteiger partial charge in [0.15, 0.2) is 0 Å². The van der Waals surface area contributed by atoms with Gasteiger partial charge in [0.2, 0.25) is 0 Å². The zero-order valence-corrected chi connectivity index (χ0v) is 28.2. The van der Waals surface area contributed by atoms with Crippen molar-refractivity contribution in [3.63, 3.8) is 0 Å². The Kier molecular flexibility index (Phi) is 13.9. The average molecular weight is 606 g/mol. The van der Waals surface area contributed by atoms with Crippen LogP contribution in [0, 0.1) is 29.1 Å². The van der Waals surface area contributed by atoms with Crippen molar-refractivity contribution in [2.45, 2.75) is 130 Å². The molecular formula is C35H60NO5P. The Morgan fingerprint density at radius 2 is 1.86 bits per heavy atom. The molecule has 0 heterocycles. The molecule has 3 fully saturated rings. The molecule has 0 spiro atoms. The predicted octanol–water partition coefficient (Wildman–Crippen LogP) is 9.75. The SMILES string of the molecule is C=C1CC[C@H](OC(=O)NCCCCCCOP(C)(=O)O)C/C1=C/C=C1\CCC[C@]2(C)[C@@H]([C@H](C)CCCC(C)C)CC[C@@H]12. The summed E-state index contributed by atoms with van der Waals surface area (Å²) in [5, 5.41) is 2.88. The first kappa shape index (κ1) is 35.1. The number of carbonyl (C=O) groups is 1. The zero-order chi connectivity index (χ0) is 30.8. The maximum atomic E-state index is 12.4. The second-order valence-electron chi connectivity index (χ2n) is 14.2. The molecular weight excluding hydrogens is 545 g/mol.